The van der Waals surface area contributed by atoms with Crippen LogP contribution in [0.2, 0.25) is 0 Å². The molecule has 0 aromatic heterocycles. The summed E-state index contributed by atoms with van der Waals surface area (Å²) in [6.07, 6.45) is 7.90. The van der Waals surface area contributed by atoms with E-state index in [0.29, 0.717) is 0 Å². The zero-order valence-electron chi connectivity index (χ0n) is 8.71. The Bertz CT molecular complexity index is 171. The summed E-state index contributed by atoms with van der Waals surface area (Å²) in [7, 11) is 0. The fourth-order valence-electron chi connectivity index (χ4n) is 4.62. The molecule has 0 aromatic rings. The van der Waals surface area contributed by atoms with E-state index in [2.05, 4.69) is 12.2 Å². The average molecular weight is 180 g/mol. The molecule has 0 spiro atoms. The third-order valence-corrected chi connectivity index (χ3v) is 4.81. The minimum atomic E-state index is 1.03. The summed E-state index contributed by atoms with van der Waals surface area (Å²) in [5.74, 6) is 4.50. The highest BCUT2D eigenvalue weighted by Gasteiger charge is 2.49. The van der Waals surface area contributed by atoms with Crippen molar-refractivity contribution in [2.75, 3.05) is 6.54 Å². The molecule has 0 heterocycles. The molecular weight excluding hydrogens is 158 g/mol. The molecule has 4 aliphatic carbocycles. The van der Waals surface area contributed by atoms with E-state index in [-0.39, 0.29) is 0 Å². The van der Waals surface area contributed by atoms with Gasteiger partial charge in [0.05, 0.1) is 12.6 Å². The molecule has 4 aliphatic rings. The Labute approximate surface area is 81.3 Å². The molecule has 1 heteroatoms. The first-order chi connectivity index (χ1) is 6.36. The van der Waals surface area contributed by atoms with E-state index in [0.717, 1.165) is 29.7 Å². The van der Waals surface area contributed by atoms with E-state index in [1.165, 1.54) is 6.54 Å². The van der Waals surface area contributed by atoms with Crippen LogP contribution in [0, 0.1) is 23.7 Å². The predicted octanol–water partition coefficient (Wildman–Crippen LogP) is 1.39. The van der Waals surface area contributed by atoms with Gasteiger partial charge in [-0.3, -0.25) is 0 Å². The standard InChI is InChI=1S/C12H21N/c1-2-13-12-10-4-8-3-9(6-10)7-11(12)5-8/h8-13H,2-7H2,1H3/p+1. The molecular formula is C12H22N+. The summed E-state index contributed by atoms with van der Waals surface area (Å²) in [5, 5.41) is 2.63. The molecule has 4 fully saturated rings. The molecule has 13 heavy (non-hydrogen) atoms. The lowest BCUT2D eigenvalue weighted by Crippen LogP contribution is -2.94. The number of hydrogen-bond donors (Lipinski definition) is 1. The van der Waals surface area contributed by atoms with E-state index in [9.17, 15) is 0 Å². The lowest BCUT2D eigenvalue weighted by molar-refractivity contribution is -0.706. The molecule has 0 amide bonds. The van der Waals surface area contributed by atoms with Crippen molar-refractivity contribution in [3.8, 4) is 0 Å². The fraction of sp³-hybridized carbons (Fsp3) is 1.00. The summed E-state index contributed by atoms with van der Waals surface area (Å²) in [4.78, 5) is 0. The van der Waals surface area contributed by atoms with Crippen molar-refractivity contribution < 1.29 is 5.32 Å². The lowest BCUT2D eigenvalue weighted by atomic mass is 9.54. The quantitative estimate of drug-likeness (QED) is 0.661. The molecule has 1 nitrogen and oxygen atoms in total. The van der Waals surface area contributed by atoms with E-state index in [1.54, 1.807) is 32.1 Å². The van der Waals surface area contributed by atoms with Crippen molar-refractivity contribution in [3.63, 3.8) is 0 Å². The normalized spacial score (nSPS) is 52.8. The van der Waals surface area contributed by atoms with E-state index in [4.69, 9.17) is 0 Å². The summed E-state index contributed by atoms with van der Waals surface area (Å²) < 4.78 is 0. The number of quaternary nitrogens is 1. The minimum Gasteiger partial charge on any atom is -0.344 e. The average Bonchev–Trinajstić information content (AvgIpc) is 2.10. The van der Waals surface area contributed by atoms with Crippen molar-refractivity contribution in [1.29, 1.82) is 0 Å². The fourth-order valence-corrected chi connectivity index (χ4v) is 4.62. The van der Waals surface area contributed by atoms with Gasteiger partial charge in [0, 0.05) is 11.8 Å². The highest BCUT2D eigenvalue weighted by Crippen LogP contribution is 2.52. The van der Waals surface area contributed by atoms with Gasteiger partial charge in [-0.1, -0.05) is 0 Å². The molecule has 4 bridgehead atoms. The lowest BCUT2D eigenvalue weighted by Gasteiger charge is -2.52. The zero-order chi connectivity index (χ0) is 8.84. The smallest absolute Gasteiger partial charge is 0.0916 e. The van der Waals surface area contributed by atoms with E-state index >= 15 is 0 Å². The largest absolute Gasteiger partial charge is 0.344 e. The second-order valence-corrected chi connectivity index (χ2v) is 5.65. The Kier molecular flexibility index (Phi) is 1.90. The van der Waals surface area contributed by atoms with Gasteiger partial charge in [-0.2, -0.15) is 0 Å². The predicted molar refractivity (Wildman–Crippen MR) is 53.3 cm³/mol. The van der Waals surface area contributed by atoms with Gasteiger partial charge in [0.25, 0.3) is 0 Å². The van der Waals surface area contributed by atoms with Crippen molar-refractivity contribution >= 4 is 0 Å². The van der Waals surface area contributed by atoms with Crippen molar-refractivity contribution in [2.45, 2.75) is 45.1 Å². The van der Waals surface area contributed by atoms with Gasteiger partial charge in [0.2, 0.25) is 0 Å². The van der Waals surface area contributed by atoms with Crippen LogP contribution < -0.4 is 5.32 Å². The molecule has 0 atom stereocenters. The van der Waals surface area contributed by atoms with Gasteiger partial charge in [-0.25, -0.2) is 0 Å². The molecule has 4 rings (SSSR count). The maximum Gasteiger partial charge on any atom is 0.0916 e. The van der Waals surface area contributed by atoms with Crippen molar-refractivity contribution in [1.82, 2.24) is 0 Å². The Morgan fingerprint density at radius 3 is 1.92 bits per heavy atom. The van der Waals surface area contributed by atoms with Crippen LogP contribution in [0.1, 0.15) is 39.0 Å². The van der Waals surface area contributed by atoms with Gasteiger partial charge in [-0.05, 0) is 50.9 Å². The Balaban J connectivity index is 1.77. The van der Waals surface area contributed by atoms with Crippen LogP contribution in [-0.2, 0) is 0 Å². The molecule has 0 unspecified atom stereocenters. The molecule has 74 valence electrons. The Morgan fingerprint density at radius 1 is 0.923 bits per heavy atom. The summed E-state index contributed by atoms with van der Waals surface area (Å²) in [6, 6.07) is 1.03. The van der Waals surface area contributed by atoms with Crippen LogP contribution in [0.3, 0.4) is 0 Å². The van der Waals surface area contributed by atoms with Crippen molar-refractivity contribution in [2.24, 2.45) is 23.7 Å². The van der Waals surface area contributed by atoms with Crippen LogP contribution in [0.15, 0.2) is 0 Å². The first kappa shape index (κ1) is 8.28. The minimum absolute atomic E-state index is 1.03. The molecule has 0 aromatic carbocycles. The van der Waals surface area contributed by atoms with Crippen LogP contribution in [0.4, 0.5) is 0 Å². The topological polar surface area (TPSA) is 16.6 Å². The van der Waals surface area contributed by atoms with Crippen LogP contribution in [0.5, 0.6) is 0 Å². The maximum absolute atomic E-state index is 2.63. The number of hydrogen-bond acceptors (Lipinski definition) is 0. The van der Waals surface area contributed by atoms with Crippen LogP contribution in [-0.4, -0.2) is 12.6 Å². The Morgan fingerprint density at radius 2 is 1.46 bits per heavy atom. The molecule has 2 N–H and O–H groups in total. The first-order valence-corrected chi connectivity index (χ1v) is 6.20. The third kappa shape index (κ3) is 1.24. The number of nitrogens with two attached hydrogens (primary N) is 1. The SMILES string of the molecule is CC[NH2+]C1C2CC3CC(C2)CC1C3. The van der Waals surface area contributed by atoms with Crippen LogP contribution >= 0.6 is 0 Å². The monoisotopic (exact) mass is 180 g/mol. The van der Waals surface area contributed by atoms with Gasteiger partial charge < -0.3 is 5.32 Å². The Hall–Kier alpha value is -0.0400. The highest BCUT2D eigenvalue weighted by molar-refractivity contribution is 4.97. The van der Waals surface area contributed by atoms with E-state index < -0.39 is 0 Å². The molecule has 0 aliphatic heterocycles. The highest BCUT2D eigenvalue weighted by atomic mass is 14.9. The number of rotatable bonds is 2. The summed E-state index contributed by atoms with van der Waals surface area (Å²) >= 11 is 0. The van der Waals surface area contributed by atoms with Gasteiger partial charge in [0.1, 0.15) is 0 Å². The molecule has 0 radical (unpaired) electrons. The van der Waals surface area contributed by atoms with Gasteiger partial charge in [-0.15, -0.1) is 0 Å². The second-order valence-electron chi connectivity index (χ2n) is 5.65. The van der Waals surface area contributed by atoms with Gasteiger partial charge >= 0.3 is 0 Å². The molecule has 4 saturated carbocycles. The van der Waals surface area contributed by atoms with E-state index in [1.807, 2.05) is 0 Å². The summed E-state index contributed by atoms with van der Waals surface area (Å²) in [5.41, 5.74) is 0. The summed E-state index contributed by atoms with van der Waals surface area (Å²) in [6.45, 7) is 3.61. The van der Waals surface area contributed by atoms with Gasteiger partial charge in [0.15, 0.2) is 0 Å². The third-order valence-electron chi connectivity index (χ3n) is 4.81. The zero-order valence-corrected chi connectivity index (χ0v) is 8.71. The second kappa shape index (κ2) is 2.98. The maximum atomic E-state index is 2.63. The molecule has 0 saturated heterocycles. The van der Waals surface area contributed by atoms with Crippen LogP contribution in [0.25, 0.3) is 0 Å². The van der Waals surface area contributed by atoms with Crippen molar-refractivity contribution in [3.05, 3.63) is 0 Å². The first-order valence-electron chi connectivity index (χ1n) is 6.20.